The fraction of sp³-hybridized carbons (Fsp3) is 0.600. The van der Waals surface area contributed by atoms with Crippen molar-refractivity contribution in [2.75, 3.05) is 11.1 Å². The minimum atomic E-state index is 0.633. The van der Waals surface area contributed by atoms with E-state index < -0.39 is 0 Å². The topological polar surface area (TPSA) is 12.0 Å². The molecule has 1 aromatic rings. The van der Waals surface area contributed by atoms with Crippen LogP contribution in [0.5, 0.6) is 0 Å². The molecule has 0 aliphatic carbocycles. The Morgan fingerprint density at radius 3 is 2.41 bits per heavy atom. The van der Waals surface area contributed by atoms with Crippen LogP contribution < -0.4 is 5.32 Å². The van der Waals surface area contributed by atoms with Gasteiger partial charge in [-0.15, -0.1) is 0 Å². The van der Waals surface area contributed by atoms with Gasteiger partial charge >= 0.3 is 0 Å². The molecule has 1 aromatic carbocycles. The van der Waals surface area contributed by atoms with Gasteiger partial charge in [-0.2, -0.15) is 11.8 Å². The first-order valence-corrected chi connectivity index (χ1v) is 7.59. The summed E-state index contributed by atoms with van der Waals surface area (Å²) in [6.45, 7) is 8.94. The molecule has 1 nitrogen and oxygen atoms in total. The molecule has 1 aliphatic heterocycles. The Bertz CT molecular complexity index is 377. The summed E-state index contributed by atoms with van der Waals surface area (Å²) in [6.07, 6.45) is 2.65. The molecule has 0 saturated carbocycles. The lowest BCUT2D eigenvalue weighted by Gasteiger charge is -2.31. The van der Waals surface area contributed by atoms with Crippen molar-refractivity contribution in [2.24, 2.45) is 0 Å². The van der Waals surface area contributed by atoms with E-state index in [0.29, 0.717) is 6.04 Å². The summed E-state index contributed by atoms with van der Waals surface area (Å²) < 4.78 is 0. The highest BCUT2D eigenvalue weighted by molar-refractivity contribution is 8.00. The van der Waals surface area contributed by atoms with E-state index in [1.54, 1.807) is 0 Å². The number of hydrogen-bond acceptors (Lipinski definition) is 2. The third-order valence-corrected chi connectivity index (χ3v) is 4.99. The first kappa shape index (κ1) is 12.8. The molecule has 1 fully saturated rings. The van der Waals surface area contributed by atoms with Crippen molar-refractivity contribution < 1.29 is 0 Å². The van der Waals surface area contributed by atoms with E-state index >= 15 is 0 Å². The Balaban J connectivity index is 2.17. The molecule has 94 valence electrons. The number of thioether (sulfide) groups is 1. The standard InChI is InChI=1S/C15H23NS/c1-10-8-11(2)15(12(3)9-10)16-14-6-5-7-17-13(14)4/h8-9,13-14,16H,5-7H2,1-4H3. The van der Waals surface area contributed by atoms with Crippen LogP contribution in [-0.2, 0) is 0 Å². The molecule has 17 heavy (non-hydrogen) atoms. The second-order valence-electron chi connectivity index (χ2n) is 5.24. The van der Waals surface area contributed by atoms with Crippen LogP contribution in [0.4, 0.5) is 5.69 Å². The fourth-order valence-electron chi connectivity index (χ4n) is 2.71. The van der Waals surface area contributed by atoms with Crippen LogP contribution in [-0.4, -0.2) is 17.0 Å². The molecule has 1 N–H and O–H groups in total. The van der Waals surface area contributed by atoms with Gasteiger partial charge in [-0.25, -0.2) is 0 Å². The quantitative estimate of drug-likeness (QED) is 0.838. The van der Waals surface area contributed by atoms with E-state index in [-0.39, 0.29) is 0 Å². The van der Waals surface area contributed by atoms with Crippen molar-refractivity contribution in [1.29, 1.82) is 0 Å². The fourth-order valence-corrected chi connectivity index (χ4v) is 3.85. The molecule has 1 heterocycles. The lowest BCUT2D eigenvalue weighted by Crippen LogP contribution is -2.33. The smallest absolute Gasteiger partial charge is 0.0402 e. The zero-order chi connectivity index (χ0) is 12.4. The number of aryl methyl sites for hydroxylation is 3. The van der Waals surface area contributed by atoms with Crippen molar-refractivity contribution >= 4 is 17.4 Å². The molecule has 2 atom stereocenters. The van der Waals surface area contributed by atoms with Gasteiger partial charge in [-0.3, -0.25) is 0 Å². The molecule has 0 aromatic heterocycles. The van der Waals surface area contributed by atoms with Gasteiger partial charge in [0.2, 0.25) is 0 Å². The maximum Gasteiger partial charge on any atom is 0.0402 e. The Hall–Kier alpha value is -0.630. The summed E-state index contributed by atoms with van der Waals surface area (Å²) in [5.74, 6) is 1.32. The molecule has 2 heteroatoms. The highest BCUT2D eigenvalue weighted by Crippen LogP contribution is 2.30. The summed E-state index contributed by atoms with van der Waals surface area (Å²) >= 11 is 2.10. The van der Waals surface area contributed by atoms with E-state index in [1.165, 1.54) is 41.0 Å². The van der Waals surface area contributed by atoms with Gasteiger partial charge in [0, 0.05) is 17.0 Å². The third kappa shape index (κ3) is 2.98. The van der Waals surface area contributed by atoms with Crippen LogP contribution in [0.25, 0.3) is 0 Å². The lowest BCUT2D eigenvalue weighted by atomic mass is 10.0. The molecule has 2 rings (SSSR count). The zero-order valence-corrected chi connectivity index (χ0v) is 12.2. The van der Waals surface area contributed by atoms with E-state index in [2.05, 4.69) is 56.9 Å². The van der Waals surface area contributed by atoms with E-state index in [0.717, 1.165) is 5.25 Å². The molecular weight excluding hydrogens is 226 g/mol. The molecule has 0 bridgehead atoms. The molecular formula is C15H23NS. The number of anilines is 1. The molecule has 1 aliphatic rings. The molecule has 0 amide bonds. The average molecular weight is 249 g/mol. The number of hydrogen-bond donors (Lipinski definition) is 1. The van der Waals surface area contributed by atoms with Gasteiger partial charge in [-0.1, -0.05) is 24.6 Å². The largest absolute Gasteiger partial charge is 0.381 e. The van der Waals surface area contributed by atoms with Gasteiger partial charge in [0.05, 0.1) is 0 Å². The lowest BCUT2D eigenvalue weighted by molar-refractivity contribution is 0.616. The Morgan fingerprint density at radius 1 is 1.18 bits per heavy atom. The number of benzene rings is 1. The van der Waals surface area contributed by atoms with Crippen molar-refractivity contribution in [3.05, 3.63) is 28.8 Å². The average Bonchev–Trinajstić information content (AvgIpc) is 2.25. The summed E-state index contributed by atoms with van der Waals surface area (Å²) in [5, 5.41) is 4.50. The van der Waals surface area contributed by atoms with Crippen LogP contribution in [0.3, 0.4) is 0 Å². The zero-order valence-electron chi connectivity index (χ0n) is 11.3. The van der Waals surface area contributed by atoms with Crippen LogP contribution in [0.15, 0.2) is 12.1 Å². The predicted molar refractivity (Wildman–Crippen MR) is 79.2 cm³/mol. The minimum absolute atomic E-state index is 0.633. The third-order valence-electron chi connectivity index (χ3n) is 3.61. The summed E-state index contributed by atoms with van der Waals surface area (Å²) in [6, 6.07) is 5.18. The Labute approximate surface area is 109 Å². The normalized spacial score (nSPS) is 24.7. The molecule has 2 unspecified atom stereocenters. The Morgan fingerprint density at radius 2 is 1.82 bits per heavy atom. The van der Waals surface area contributed by atoms with Crippen molar-refractivity contribution in [3.8, 4) is 0 Å². The first-order valence-electron chi connectivity index (χ1n) is 6.54. The summed E-state index contributed by atoms with van der Waals surface area (Å²) in [7, 11) is 0. The van der Waals surface area contributed by atoms with Crippen molar-refractivity contribution in [3.63, 3.8) is 0 Å². The summed E-state index contributed by atoms with van der Waals surface area (Å²) in [5.41, 5.74) is 5.47. The van der Waals surface area contributed by atoms with Crippen molar-refractivity contribution in [2.45, 2.75) is 51.8 Å². The first-order chi connectivity index (χ1) is 8.08. The molecule has 0 radical (unpaired) electrons. The SMILES string of the molecule is Cc1cc(C)c(NC2CCCSC2C)c(C)c1. The van der Waals surface area contributed by atoms with Gasteiger partial charge in [0.25, 0.3) is 0 Å². The van der Waals surface area contributed by atoms with Gasteiger partial charge in [0.15, 0.2) is 0 Å². The maximum atomic E-state index is 3.77. The van der Waals surface area contributed by atoms with Crippen LogP contribution in [0, 0.1) is 20.8 Å². The molecule has 0 spiro atoms. The predicted octanol–water partition coefficient (Wildman–Crippen LogP) is 4.31. The van der Waals surface area contributed by atoms with E-state index in [1.807, 2.05) is 0 Å². The van der Waals surface area contributed by atoms with Crippen LogP contribution in [0.1, 0.15) is 36.5 Å². The van der Waals surface area contributed by atoms with Crippen LogP contribution >= 0.6 is 11.8 Å². The monoisotopic (exact) mass is 249 g/mol. The molecule has 1 saturated heterocycles. The van der Waals surface area contributed by atoms with Gasteiger partial charge in [-0.05, 0) is 50.5 Å². The Kier molecular flexibility index (Phi) is 4.03. The second-order valence-corrected chi connectivity index (χ2v) is 6.73. The highest BCUT2D eigenvalue weighted by atomic mass is 32.2. The maximum absolute atomic E-state index is 3.77. The number of rotatable bonds is 2. The van der Waals surface area contributed by atoms with E-state index in [4.69, 9.17) is 0 Å². The second kappa shape index (κ2) is 5.34. The van der Waals surface area contributed by atoms with Gasteiger partial charge < -0.3 is 5.32 Å². The number of nitrogens with one attached hydrogen (secondary N) is 1. The minimum Gasteiger partial charge on any atom is -0.381 e. The highest BCUT2D eigenvalue weighted by Gasteiger charge is 2.22. The van der Waals surface area contributed by atoms with Crippen molar-refractivity contribution in [1.82, 2.24) is 0 Å². The van der Waals surface area contributed by atoms with Gasteiger partial charge in [0.1, 0.15) is 0 Å². The van der Waals surface area contributed by atoms with E-state index in [9.17, 15) is 0 Å². The summed E-state index contributed by atoms with van der Waals surface area (Å²) in [4.78, 5) is 0. The van der Waals surface area contributed by atoms with Crippen LogP contribution in [0.2, 0.25) is 0 Å².